The van der Waals surface area contributed by atoms with E-state index in [1.807, 2.05) is 7.05 Å². The van der Waals surface area contributed by atoms with E-state index in [2.05, 4.69) is 20.4 Å². The lowest BCUT2D eigenvalue weighted by Crippen LogP contribution is -2.17. The smallest absolute Gasteiger partial charge is 0.163 e. The fraction of sp³-hybridized carbons (Fsp3) is 0.615. The first kappa shape index (κ1) is 15.2. The van der Waals surface area contributed by atoms with Crippen molar-refractivity contribution in [3.8, 4) is 0 Å². The number of rotatable bonds is 5. The minimum atomic E-state index is -2.86. The summed E-state index contributed by atoms with van der Waals surface area (Å²) in [5, 5.41) is 8.28. The van der Waals surface area contributed by atoms with Gasteiger partial charge in [0.1, 0.15) is 12.4 Å². The van der Waals surface area contributed by atoms with E-state index in [4.69, 9.17) is 4.74 Å². The van der Waals surface area contributed by atoms with E-state index < -0.39 is 9.84 Å². The van der Waals surface area contributed by atoms with E-state index in [-0.39, 0.29) is 17.4 Å². The molecule has 0 aromatic carbocycles. The lowest BCUT2D eigenvalue weighted by atomic mass is 10.1. The molecule has 1 aliphatic heterocycles. The standard InChI is InChI=1S/C13H19N5O3S/c1-18-13-10(6-15-18)12(16-11(17-13)7-21-2)14-5-9-3-4-22(19,20)8-9/h6,9H,3-5,7-8H2,1-2H3,(H,14,16,17). The Kier molecular flexibility index (Phi) is 4.00. The minimum absolute atomic E-state index is 0.123. The van der Waals surface area contributed by atoms with Crippen LogP contribution < -0.4 is 5.32 Å². The van der Waals surface area contributed by atoms with E-state index in [0.29, 0.717) is 31.2 Å². The quantitative estimate of drug-likeness (QED) is 0.847. The van der Waals surface area contributed by atoms with Crippen LogP contribution in [0.5, 0.6) is 0 Å². The molecule has 1 unspecified atom stereocenters. The highest BCUT2D eigenvalue weighted by Gasteiger charge is 2.27. The van der Waals surface area contributed by atoms with Gasteiger partial charge in [-0.25, -0.2) is 18.4 Å². The van der Waals surface area contributed by atoms with Gasteiger partial charge in [-0.1, -0.05) is 0 Å². The molecule has 0 aliphatic carbocycles. The van der Waals surface area contributed by atoms with E-state index in [1.165, 1.54) is 0 Å². The van der Waals surface area contributed by atoms with E-state index in [0.717, 1.165) is 11.0 Å². The summed E-state index contributed by atoms with van der Waals surface area (Å²) in [6.45, 7) is 0.889. The highest BCUT2D eigenvalue weighted by atomic mass is 32.2. The number of aromatic nitrogens is 4. The van der Waals surface area contributed by atoms with Gasteiger partial charge in [-0.3, -0.25) is 4.68 Å². The maximum atomic E-state index is 11.5. The first-order valence-corrected chi connectivity index (χ1v) is 8.92. The normalized spacial score (nSPS) is 20.5. The van der Waals surface area contributed by atoms with Crippen LogP contribution in [0.1, 0.15) is 12.2 Å². The number of nitrogens with zero attached hydrogens (tertiary/aromatic N) is 4. The number of nitrogens with one attached hydrogen (secondary N) is 1. The Morgan fingerprint density at radius 1 is 1.45 bits per heavy atom. The van der Waals surface area contributed by atoms with Crippen LogP contribution in [0.3, 0.4) is 0 Å². The number of sulfone groups is 1. The number of hydrogen-bond acceptors (Lipinski definition) is 7. The molecule has 0 saturated carbocycles. The van der Waals surface area contributed by atoms with Crippen LogP contribution in [0.25, 0.3) is 11.0 Å². The summed E-state index contributed by atoms with van der Waals surface area (Å²) in [5.41, 5.74) is 0.726. The van der Waals surface area contributed by atoms with Gasteiger partial charge in [0.15, 0.2) is 21.3 Å². The fourth-order valence-electron chi connectivity index (χ4n) is 2.67. The Hall–Kier alpha value is -1.74. The average molecular weight is 325 g/mol. The number of aryl methyl sites for hydroxylation is 1. The maximum Gasteiger partial charge on any atom is 0.163 e. The van der Waals surface area contributed by atoms with Crippen LogP contribution in [0.4, 0.5) is 5.82 Å². The molecule has 1 atom stereocenters. The van der Waals surface area contributed by atoms with Crippen molar-refractivity contribution in [2.45, 2.75) is 13.0 Å². The first-order valence-electron chi connectivity index (χ1n) is 7.10. The van der Waals surface area contributed by atoms with Crippen molar-refractivity contribution in [3.63, 3.8) is 0 Å². The van der Waals surface area contributed by atoms with Crippen LogP contribution in [0.15, 0.2) is 6.20 Å². The Balaban J connectivity index is 1.83. The van der Waals surface area contributed by atoms with Crippen LogP contribution in [0.2, 0.25) is 0 Å². The summed E-state index contributed by atoms with van der Waals surface area (Å²) in [7, 11) is 0.545. The molecule has 2 aromatic heterocycles. The number of fused-ring (bicyclic) bond motifs is 1. The van der Waals surface area contributed by atoms with Crippen molar-refractivity contribution < 1.29 is 13.2 Å². The second-order valence-corrected chi connectivity index (χ2v) is 7.81. The molecule has 1 saturated heterocycles. The number of anilines is 1. The second kappa shape index (κ2) is 5.81. The topological polar surface area (TPSA) is 99.0 Å². The molecule has 3 heterocycles. The average Bonchev–Trinajstić information content (AvgIpc) is 3.00. The van der Waals surface area contributed by atoms with E-state index >= 15 is 0 Å². The van der Waals surface area contributed by atoms with Crippen molar-refractivity contribution in [1.29, 1.82) is 0 Å². The van der Waals surface area contributed by atoms with Crippen molar-refractivity contribution in [2.75, 3.05) is 30.5 Å². The molecule has 9 heteroatoms. The molecule has 1 fully saturated rings. The molecule has 1 aliphatic rings. The molecule has 0 amide bonds. The number of methoxy groups -OCH3 is 1. The van der Waals surface area contributed by atoms with E-state index in [9.17, 15) is 8.42 Å². The minimum Gasteiger partial charge on any atom is -0.377 e. The molecule has 120 valence electrons. The number of hydrogen-bond donors (Lipinski definition) is 1. The van der Waals surface area contributed by atoms with Gasteiger partial charge >= 0.3 is 0 Å². The Morgan fingerprint density at radius 2 is 2.27 bits per heavy atom. The van der Waals surface area contributed by atoms with Gasteiger partial charge in [0, 0.05) is 20.7 Å². The molecule has 3 rings (SSSR count). The predicted octanol–water partition coefficient (Wildman–Crippen LogP) is 0.356. The third-order valence-electron chi connectivity index (χ3n) is 3.80. The lowest BCUT2D eigenvalue weighted by molar-refractivity contribution is 0.178. The summed E-state index contributed by atoms with van der Waals surface area (Å²) in [6, 6.07) is 0. The first-order chi connectivity index (χ1) is 10.5. The van der Waals surface area contributed by atoms with Crippen LogP contribution in [0, 0.1) is 5.92 Å². The van der Waals surface area contributed by atoms with Gasteiger partial charge in [0.2, 0.25) is 0 Å². The van der Waals surface area contributed by atoms with Crippen LogP contribution in [-0.2, 0) is 28.2 Å². The summed E-state index contributed by atoms with van der Waals surface area (Å²) in [6.07, 6.45) is 2.40. The molecule has 0 bridgehead atoms. The molecule has 8 nitrogen and oxygen atoms in total. The molecular weight excluding hydrogens is 306 g/mol. The second-order valence-electron chi connectivity index (χ2n) is 5.58. The summed E-state index contributed by atoms with van der Waals surface area (Å²) < 4.78 is 29.8. The zero-order valence-corrected chi connectivity index (χ0v) is 13.4. The third-order valence-corrected chi connectivity index (χ3v) is 5.63. The lowest BCUT2D eigenvalue weighted by Gasteiger charge is -2.12. The van der Waals surface area contributed by atoms with Crippen molar-refractivity contribution in [2.24, 2.45) is 13.0 Å². The van der Waals surface area contributed by atoms with Crippen molar-refractivity contribution in [3.05, 3.63) is 12.0 Å². The number of ether oxygens (including phenoxy) is 1. The zero-order chi connectivity index (χ0) is 15.7. The van der Waals surface area contributed by atoms with Gasteiger partial charge in [-0.2, -0.15) is 5.10 Å². The fourth-order valence-corrected chi connectivity index (χ4v) is 4.53. The van der Waals surface area contributed by atoms with Crippen molar-refractivity contribution in [1.82, 2.24) is 19.7 Å². The SMILES string of the molecule is COCc1nc(NCC2CCS(=O)(=O)C2)c2cnn(C)c2n1. The van der Waals surface area contributed by atoms with Gasteiger partial charge in [0.25, 0.3) is 0 Å². The molecule has 1 N–H and O–H groups in total. The zero-order valence-electron chi connectivity index (χ0n) is 12.6. The molecule has 0 radical (unpaired) electrons. The predicted molar refractivity (Wildman–Crippen MR) is 82.3 cm³/mol. The monoisotopic (exact) mass is 325 g/mol. The van der Waals surface area contributed by atoms with Crippen LogP contribution in [-0.4, -0.2) is 53.3 Å². The maximum absolute atomic E-state index is 11.5. The largest absolute Gasteiger partial charge is 0.377 e. The van der Waals surface area contributed by atoms with Gasteiger partial charge in [-0.15, -0.1) is 0 Å². The van der Waals surface area contributed by atoms with Gasteiger partial charge in [0.05, 0.1) is 23.1 Å². The van der Waals surface area contributed by atoms with E-state index in [1.54, 1.807) is 18.0 Å². The van der Waals surface area contributed by atoms with Gasteiger partial charge in [-0.05, 0) is 12.3 Å². The molecular formula is C13H19N5O3S. The summed E-state index contributed by atoms with van der Waals surface area (Å²) in [5.74, 6) is 1.89. The third kappa shape index (κ3) is 3.05. The molecule has 0 spiro atoms. The highest BCUT2D eigenvalue weighted by Crippen LogP contribution is 2.23. The Labute approximate surface area is 128 Å². The Bertz CT molecular complexity index is 786. The van der Waals surface area contributed by atoms with Crippen molar-refractivity contribution >= 4 is 26.7 Å². The molecule has 2 aromatic rings. The summed E-state index contributed by atoms with van der Waals surface area (Å²) >= 11 is 0. The molecule has 22 heavy (non-hydrogen) atoms. The van der Waals surface area contributed by atoms with Crippen LogP contribution >= 0.6 is 0 Å². The highest BCUT2D eigenvalue weighted by molar-refractivity contribution is 7.91. The Morgan fingerprint density at radius 3 is 2.95 bits per heavy atom. The van der Waals surface area contributed by atoms with Gasteiger partial charge < -0.3 is 10.1 Å². The summed E-state index contributed by atoms with van der Waals surface area (Å²) in [4.78, 5) is 8.87.